The Morgan fingerprint density at radius 2 is 2.16 bits per heavy atom. The molecule has 4 heteroatoms. The van der Waals surface area contributed by atoms with Crippen molar-refractivity contribution in [3.63, 3.8) is 0 Å². The number of hydrogen-bond donors (Lipinski definition) is 1. The molecule has 0 radical (unpaired) electrons. The third-order valence-electron chi connectivity index (χ3n) is 4.15. The summed E-state index contributed by atoms with van der Waals surface area (Å²) in [6, 6.07) is 4.75. The zero-order valence-corrected chi connectivity index (χ0v) is 11.9. The van der Waals surface area contributed by atoms with Crippen LogP contribution in [0, 0.1) is 5.82 Å². The van der Waals surface area contributed by atoms with Crippen LogP contribution in [0.1, 0.15) is 31.4 Å². The molecule has 1 aliphatic rings. The van der Waals surface area contributed by atoms with Crippen molar-refractivity contribution < 1.29 is 9.50 Å². The van der Waals surface area contributed by atoms with Gasteiger partial charge in [-0.3, -0.25) is 4.90 Å². The van der Waals surface area contributed by atoms with Crippen molar-refractivity contribution in [2.75, 3.05) is 27.2 Å². The number of halogens is 1. The second-order valence-electron chi connectivity index (χ2n) is 5.63. The Morgan fingerprint density at radius 1 is 1.42 bits per heavy atom. The summed E-state index contributed by atoms with van der Waals surface area (Å²) in [4.78, 5) is 4.56. The van der Waals surface area contributed by atoms with Crippen LogP contribution in [0.2, 0.25) is 0 Å². The van der Waals surface area contributed by atoms with Crippen molar-refractivity contribution >= 4 is 0 Å². The second kappa shape index (κ2) is 5.88. The molecule has 1 aliphatic heterocycles. The molecule has 1 heterocycles. The van der Waals surface area contributed by atoms with Gasteiger partial charge in [-0.1, -0.05) is 0 Å². The lowest BCUT2D eigenvalue weighted by molar-refractivity contribution is 0.101. The summed E-state index contributed by atoms with van der Waals surface area (Å²) in [5.41, 5.74) is 0.680. The fourth-order valence-corrected chi connectivity index (χ4v) is 2.81. The average molecular weight is 266 g/mol. The Labute approximate surface area is 114 Å². The molecule has 2 unspecified atom stereocenters. The molecule has 1 aromatic carbocycles. The Kier molecular flexibility index (Phi) is 4.42. The van der Waals surface area contributed by atoms with Gasteiger partial charge in [-0.05, 0) is 58.6 Å². The van der Waals surface area contributed by atoms with Gasteiger partial charge in [-0.25, -0.2) is 4.39 Å². The van der Waals surface area contributed by atoms with Gasteiger partial charge < -0.3 is 10.0 Å². The molecule has 1 N–H and O–H groups in total. The molecule has 1 saturated heterocycles. The lowest BCUT2D eigenvalue weighted by Crippen LogP contribution is -2.45. The number of benzene rings is 1. The molecule has 3 nitrogen and oxygen atoms in total. The number of rotatable bonds is 3. The van der Waals surface area contributed by atoms with E-state index in [1.165, 1.54) is 24.6 Å². The van der Waals surface area contributed by atoms with Crippen LogP contribution < -0.4 is 0 Å². The summed E-state index contributed by atoms with van der Waals surface area (Å²) in [5.74, 6) is -0.110. The lowest BCUT2D eigenvalue weighted by Gasteiger charge is -2.39. The van der Waals surface area contributed by atoms with Crippen molar-refractivity contribution in [3.8, 4) is 5.75 Å². The van der Waals surface area contributed by atoms with Crippen LogP contribution in [0.3, 0.4) is 0 Å². The SMILES string of the molecule is CC(c1cc(F)ccc1O)N1CCCC(N(C)C)C1. The maximum Gasteiger partial charge on any atom is 0.123 e. The second-order valence-corrected chi connectivity index (χ2v) is 5.63. The van der Waals surface area contributed by atoms with Gasteiger partial charge in [0, 0.05) is 24.2 Å². The third kappa shape index (κ3) is 3.25. The molecule has 2 atom stereocenters. The highest BCUT2D eigenvalue weighted by Gasteiger charge is 2.26. The van der Waals surface area contributed by atoms with E-state index in [1.807, 2.05) is 6.92 Å². The van der Waals surface area contributed by atoms with Crippen molar-refractivity contribution in [2.45, 2.75) is 31.8 Å². The largest absolute Gasteiger partial charge is 0.508 e. The van der Waals surface area contributed by atoms with Gasteiger partial charge in [0.15, 0.2) is 0 Å². The van der Waals surface area contributed by atoms with Gasteiger partial charge in [-0.2, -0.15) is 0 Å². The molecule has 0 amide bonds. The summed E-state index contributed by atoms with van der Waals surface area (Å²) in [7, 11) is 4.19. The van der Waals surface area contributed by atoms with Gasteiger partial charge >= 0.3 is 0 Å². The predicted molar refractivity (Wildman–Crippen MR) is 74.8 cm³/mol. The van der Waals surface area contributed by atoms with Crippen LogP contribution in [0.4, 0.5) is 4.39 Å². The van der Waals surface area contributed by atoms with Crippen molar-refractivity contribution in [2.24, 2.45) is 0 Å². The number of phenolic OH excluding ortho intramolecular Hbond substituents is 1. The Hall–Kier alpha value is -1.13. The van der Waals surface area contributed by atoms with Gasteiger partial charge in [0.25, 0.3) is 0 Å². The van der Waals surface area contributed by atoms with E-state index in [2.05, 4.69) is 23.9 Å². The molecule has 0 spiro atoms. The smallest absolute Gasteiger partial charge is 0.123 e. The molecule has 19 heavy (non-hydrogen) atoms. The van der Waals surface area contributed by atoms with Crippen LogP contribution in [-0.4, -0.2) is 48.1 Å². The maximum absolute atomic E-state index is 13.3. The third-order valence-corrected chi connectivity index (χ3v) is 4.15. The zero-order valence-electron chi connectivity index (χ0n) is 11.9. The molecule has 0 aliphatic carbocycles. The molecule has 1 aromatic rings. The molecule has 1 fully saturated rings. The number of piperidine rings is 1. The van der Waals surface area contributed by atoms with Crippen molar-refractivity contribution in [3.05, 3.63) is 29.6 Å². The van der Waals surface area contributed by atoms with E-state index < -0.39 is 0 Å². The number of nitrogens with zero attached hydrogens (tertiary/aromatic N) is 2. The predicted octanol–water partition coefficient (Wildman–Crippen LogP) is 2.62. The van der Waals surface area contributed by atoms with E-state index in [9.17, 15) is 9.50 Å². The fraction of sp³-hybridized carbons (Fsp3) is 0.600. The first-order valence-electron chi connectivity index (χ1n) is 6.88. The number of likely N-dealkylation sites (tertiary alicyclic amines) is 1. The van der Waals surface area contributed by atoms with E-state index in [1.54, 1.807) is 0 Å². The van der Waals surface area contributed by atoms with E-state index in [0.29, 0.717) is 11.6 Å². The average Bonchev–Trinajstić information content (AvgIpc) is 2.41. The molecular weight excluding hydrogens is 243 g/mol. The van der Waals surface area contributed by atoms with Crippen LogP contribution in [0.15, 0.2) is 18.2 Å². The molecule has 0 saturated carbocycles. The number of phenols is 1. The van der Waals surface area contributed by atoms with Crippen molar-refractivity contribution in [1.29, 1.82) is 0 Å². The minimum Gasteiger partial charge on any atom is -0.508 e. The lowest BCUT2D eigenvalue weighted by atomic mass is 9.99. The summed E-state index contributed by atoms with van der Waals surface area (Å²) >= 11 is 0. The Bertz CT molecular complexity index is 436. The van der Waals surface area contributed by atoms with Crippen LogP contribution in [0.5, 0.6) is 5.75 Å². The first kappa shape index (κ1) is 14.3. The van der Waals surface area contributed by atoms with E-state index in [-0.39, 0.29) is 17.6 Å². The number of aromatic hydroxyl groups is 1. The van der Waals surface area contributed by atoms with Gasteiger partial charge in [-0.15, -0.1) is 0 Å². The summed E-state index contributed by atoms with van der Waals surface area (Å²) in [6.45, 7) is 4.00. The number of likely N-dealkylation sites (N-methyl/N-ethyl adjacent to an activating group) is 1. The monoisotopic (exact) mass is 266 g/mol. The molecule has 2 rings (SSSR count). The zero-order chi connectivity index (χ0) is 14.0. The van der Waals surface area contributed by atoms with Crippen molar-refractivity contribution in [1.82, 2.24) is 9.80 Å². The number of hydrogen-bond acceptors (Lipinski definition) is 3. The highest BCUT2D eigenvalue weighted by atomic mass is 19.1. The first-order valence-corrected chi connectivity index (χ1v) is 6.88. The normalized spacial score (nSPS) is 22.7. The Morgan fingerprint density at radius 3 is 2.84 bits per heavy atom. The first-order chi connectivity index (χ1) is 8.99. The van der Waals surface area contributed by atoms with Gasteiger partial charge in [0.05, 0.1) is 0 Å². The Balaban J connectivity index is 2.14. The highest BCUT2D eigenvalue weighted by molar-refractivity contribution is 5.35. The molecular formula is C15H23FN2O. The van der Waals surface area contributed by atoms with Gasteiger partial charge in [0.1, 0.15) is 11.6 Å². The molecule has 106 valence electrons. The van der Waals surface area contributed by atoms with Crippen LogP contribution >= 0.6 is 0 Å². The fourth-order valence-electron chi connectivity index (χ4n) is 2.81. The summed E-state index contributed by atoms with van der Waals surface area (Å²) in [5, 5.41) is 9.91. The minimum atomic E-state index is -0.291. The van der Waals surface area contributed by atoms with E-state index in [4.69, 9.17) is 0 Å². The maximum atomic E-state index is 13.3. The minimum absolute atomic E-state index is 0.0402. The molecule has 0 bridgehead atoms. The van der Waals surface area contributed by atoms with Crippen LogP contribution in [-0.2, 0) is 0 Å². The summed E-state index contributed by atoms with van der Waals surface area (Å²) in [6.07, 6.45) is 2.34. The topological polar surface area (TPSA) is 26.7 Å². The quantitative estimate of drug-likeness (QED) is 0.911. The van der Waals surface area contributed by atoms with E-state index in [0.717, 1.165) is 19.5 Å². The summed E-state index contributed by atoms with van der Waals surface area (Å²) < 4.78 is 13.3. The molecule has 0 aromatic heterocycles. The highest BCUT2D eigenvalue weighted by Crippen LogP contribution is 2.31. The van der Waals surface area contributed by atoms with Crippen LogP contribution in [0.25, 0.3) is 0 Å². The van der Waals surface area contributed by atoms with Gasteiger partial charge in [0.2, 0.25) is 0 Å². The van der Waals surface area contributed by atoms with E-state index >= 15 is 0 Å². The standard InChI is InChI=1S/C15H23FN2O/c1-11(14-9-12(16)6-7-15(14)19)18-8-4-5-13(10-18)17(2)3/h6-7,9,11,13,19H,4-5,8,10H2,1-3H3.